The van der Waals surface area contributed by atoms with Crippen LogP contribution in [0.5, 0.6) is 0 Å². The predicted molar refractivity (Wildman–Crippen MR) is 61.8 cm³/mol. The zero-order valence-corrected chi connectivity index (χ0v) is 9.78. The van der Waals surface area contributed by atoms with Gasteiger partial charge in [-0.15, -0.1) is 0 Å². The first kappa shape index (κ1) is 12.9. The van der Waals surface area contributed by atoms with E-state index in [-0.39, 0.29) is 0 Å². The lowest BCUT2D eigenvalue weighted by Crippen LogP contribution is -2.33. The molecular weight excluding hydrogens is 178 g/mol. The van der Waals surface area contributed by atoms with E-state index in [0.29, 0.717) is 5.96 Å². The summed E-state index contributed by atoms with van der Waals surface area (Å²) in [6.45, 7) is 3.85. The molecule has 14 heavy (non-hydrogen) atoms. The first-order chi connectivity index (χ1) is 6.47. The molecule has 0 spiro atoms. The SMILES string of the molecule is CN=C(N)N=C(C)N(C)CCN(C)C. The lowest BCUT2D eigenvalue weighted by Gasteiger charge is -2.20. The van der Waals surface area contributed by atoms with Crippen molar-refractivity contribution in [3.63, 3.8) is 0 Å². The molecule has 0 saturated carbocycles. The van der Waals surface area contributed by atoms with Crippen LogP contribution in [0.25, 0.3) is 0 Å². The van der Waals surface area contributed by atoms with E-state index < -0.39 is 0 Å². The second kappa shape index (κ2) is 6.37. The van der Waals surface area contributed by atoms with Gasteiger partial charge in [0.2, 0.25) is 5.96 Å². The Balaban J connectivity index is 4.11. The highest BCUT2D eigenvalue weighted by Gasteiger charge is 2.01. The Morgan fingerprint density at radius 2 is 1.79 bits per heavy atom. The van der Waals surface area contributed by atoms with Gasteiger partial charge < -0.3 is 15.5 Å². The number of amidine groups is 1. The van der Waals surface area contributed by atoms with Crippen LogP contribution >= 0.6 is 0 Å². The van der Waals surface area contributed by atoms with Gasteiger partial charge in [-0.25, -0.2) is 4.99 Å². The minimum atomic E-state index is 0.319. The Bertz CT molecular complexity index is 219. The maximum atomic E-state index is 5.49. The second-order valence-corrected chi connectivity index (χ2v) is 3.47. The molecule has 0 aromatic heterocycles. The van der Waals surface area contributed by atoms with Crippen LogP contribution in [-0.4, -0.2) is 62.9 Å². The molecule has 2 N–H and O–H groups in total. The summed E-state index contributed by atoms with van der Waals surface area (Å²) in [5, 5.41) is 0. The Labute approximate surface area is 86.3 Å². The van der Waals surface area contributed by atoms with Crippen molar-refractivity contribution in [2.24, 2.45) is 15.7 Å². The predicted octanol–water partition coefficient (Wildman–Crippen LogP) is -0.157. The molecule has 5 heteroatoms. The maximum absolute atomic E-state index is 5.49. The molecule has 0 aliphatic heterocycles. The third-order valence-electron chi connectivity index (χ3n) is 1.94. The summed E-state index contributed by atoms with van der Waals surface area (Å²) >= 11 is 0. The number of nitrogens with two attached hydrogens (primary N) is 1. The molecule has 0 aliphatic rings. The number of hydrogen-bond acceptors (Lipinski definition) is 2. The van der Waals surface area contributed by atoms with E-state index in [2.05, 4.69) is 19.8 Å². The van der Waals surface area contributed by atoms with Gasteiger partial charge in [0.05, 0.1) is 0 Å². The van der Waals surface area contributed by atoms with Gasteiger partial charge in [-0.2, -0.15) is 0 Å². The molecule has 0 aliphatic carbocycles. The van der Waals surface area contributed by atoms with Crippen molar-refractivity contribution in [3.8, 4) is 0 Å². The normalized spacial score (nSPS) is 13.6. The largest absolute Gasteiger partial charge is 0.368 e. The number of hydrogen-bond donors (Lipinski definition) is 1. The number of rotatable bonds is 3. The van der Waals surface area contributed by atoms with Gasteiger partial charge in [-0.1, -0.05) is 0 Å². The first-order valence-corrected chi connectivity index (χ1v) is 4.60. The van der Waals surface area contributed by atoms with Crippen LogP contribution in [0.4, 0.5) is 0 Å². The zero-order valence-electron chi connectivity index (χ0n) is 9.78. The molecule has 0 aromatic rings. The van der Waals surface area contributed by atoms with Crippen molar-refractivity contribution >= 4 is 11.8 Å². The molecule has 0 radical (unpaired) electrons. The highest BCUT2D eigenvalue weighted by atomic mass is 15.2. The fourth-order valence-corrected chi connectivity index (χ4v) is 0.813. The van der Waals surface area contributed by atoms with Crippen LogP contribution in [-0.2, 0) is 0 Å². The number of likely N-dealkylation sites (N-methyl/N-ethyl adjacent to an activating group) is 2. The highest BCUT2D eigenvalue weighted by molar-refractivity contribution is 5.93. The van der Waals surface area contributed by atoms with Crippen molar-refractivity contribution < 1.29 is 0 Å². The van der Waals surface area contributed by atoms with Crippen LogP contribution in [0.1, 0.15) is 6.92 Å². The molecule has 0 amide bonds. The Morgan fingerprint density at radius 3 is 2.21 bits per heavy atom. The van der Waals surface area contributed by atoms with Gasteiger partial charge in [0.15, 0.2) is 0 Å². The molecule has 0 fully saturated rings. The molecular formula is C9H21N5. The zero-order chi connectivity index (χ0) is 11.1. The quantitative estimate of drug-likeness (QED) is 0.508. The molecule has 0 aromatic carbocycles. The molecule has 5 nitrogen and oxygen atoms in total. The molecule has 0 rings (SSSR count). The summed E-state index contributed by atoms with van der Waals surface area (Å²) in [7, 11) is 7.71. The van der Waals surface area contributed by atoms with Crippen molar-refractivity contribution in [1.82, 2.24) is 9.80 Å². The Hall–Kier alpha value is -1.10. The summed E-state index contributed by atoms with van der Waals surface area (Å²) < 4.78 is 0. The van der Waals surface area contributed by atoms with Crippen LogP contribution in [0.3, 0.4) is 0 Å². The summed E-state index contributed by atoms with van der Waals surface area (Å²) in [5.74, 6) is 1.20. The van der Waals surface area contributed by atoms with E-state index in [1.54, 1.807) is 7.05 Å². The highest BCUT2D eigenvalue weighted by Crippen LogP contribution is 1.88. The van der Waals surface area contributed by atoms with Crippen LogP contribution in [0, 0.1) is 0 Å². The van der Waals surface area contributed by atoms with Gasteiger partial charge >= 0.3 is 0 Å². The van der Waals surface area contributed by atoms with Crippen LogP contribution < -0.4 is 5.73 Å². The molecule has 0 unspecified atom stereocenters. The van der Waals surface area contributed by atoms with Crippen molar-refractivity contribution in [2.75, 3.05) is 41.3 Å². The number of guanidine groups is 1. The third-order valence-corrected chi connectivity index (χ3v) is 1.94. The van der Waals surface area contributed by atoms with Gasteiger partial charge in [-0.3, -0.25) is 4.99 Å². The first-order valence-electron chi connectivity index (χ1n) is 4.60. The minimum absolute atomic E-state index is 0.319. The fraction of sp³-hybridized carbons (Fsp3) is 0.778. The van der Waals surface area contributed by atoms with E-state index >= 15 is 0 Å². The van der Waals surface area contributed by atoms with Gasteiger partial charge in [0.25, 0.3) is 0 Å². The summed E-state index contributed by atoms with van der Waals surface area (Å²) in [6.07, 6.45) is 0. The standard InChI is InChI=1S/C9H21N5/c1-8(12-9(10)11-2)14(5)7-6-13(3)4/h6-7H2,1-5H3,(H2,10,11). The second-order valence-electron chi connectivity index (χ2n) is 3.47. The van der Waals surface area contributed by atoms with E-state index in [0.717, 1.165) is 18.9 Å². The van der Waals surface area contributed by atoms with Crippen LogP contribution in [0.15, 0.2) is 9.98 Å². The summed E-state index contributed by atoms with van der Waals surface area (Å²) in [6, 6.07) is 0. The maximum Gasteiger partial charge on any atom is 0.216 e. The van der Waals surface area contributed by atoms with Gasteiger partial charge in [0.1, 0.15) is 5.84 Å². The van der Waals surface area contributed by atoms with E-state index in [4.69, 9.17) is 5.73 Å². The van der Waals surface area contributed by atoms with E-state index in [1.807, 2.05) is 28.1 Å². The topological polar surface area (TPSA) is 57.2 Å². The molecule has 0 heterocycles. The average Bonchev–Trinajstić information content (AvgIpc) is 2.13. The average molecular weight is 199 g/mol. The molecule has 0 saturated heterocycles. The molecule has 0 bridgehead atoms. The summed E-state index contributed by atoms with van der Waals surface area (Å²) in [5.41, 5.74) is 5.49. The van der Waals surface area contributed by atoms with E-state index in [1.165, 1.54) is 0 Å². The lowest BCUT2D eigenvalue weighted by atomic mass is 10.5. The van der Waals surface area contributed by atoms with Gasteiger partial charge in [-0.05, 0) is 21.0 Å². The Morgan fingerprint density at radius 1 is 1.21 bits per heavy atom. The van der Waals surface area contributed by atoms with E-state index in [9.17, 15) is 0 Å². The number of aliphatic imine (C=N–C) groups is 2. The van der Waals surface area contributed by atoms with Gasteiger partial charge in [0, 0.05) is 27.2 Å². The fourth-order valence-electron chi connectivity index (χ4n) is 0.813. The minimum Gasteiger partial charge on any atom is -0.368 e. The summed E-state index contributed by atoms with van der Waals surface area (Å²) in [4.78, 5) is 12.1. The van der Waals surface area contributed by atoms with Crippen molar-refractivity contribution in [3.05, 3.63) is 0 Å². The lowest BCUT2D eigenvalue weighted by molar-refractivity contribution is 0.356. The van der Waals surface area contributed by atoms with Crippen LogP contribution in [0.2, 0.25) is 0 Å². The third kappa shape index (κ3) is 5.53. The molecule has 82 valence electrons. The molecule has 0 atom stereocenters. The van der Waals surface area contributed by atoms with Crippen molar-refractivity contribution in [2.45, 2.75) is 6.92 Å². The number of nitrogens with zero attached hydrogens (tertiary/aromatic N) is 4. The smallest absolute Gasteiger partial charge is 0.216 e. The monoisotopic (exact) mass is 199 g/mol. The Kier molecular flexibility index (Phi) is 5.87. The van der Waals surface area contributed by atoms with Crippen molar-refractivity contribution in [1.29, 1.82) is 0 Å².